The SMILES string of the molecule is NC(=O)OC(C(=O)Nc1ccc(SCc2ccccc2)cc1)C1CC1. The van der Waals surface area contributed by atoms with Gasteiger partial charge in [-0.05, 0) is 42.7 Å². The van der Waals surface area contributed by atoms with Crippen LogP contribution < -0.4 is 11.1 Å². The standard InChI is InChI=1S/C19H20N2O3S/c20-19(23)24-17(14-6-7-14)18(22)21-15-8-10-16(11-9-15)25-12-13-4-2-1-3-5-13/h1-5,8-11,14,17H,6-7,12H2,(H2,20,23)(H,21,22). The zero-order valence-electron chi connectivity index (χ0n) is 13.7. The lowest BCUT2D eigenvalue weighted by atomic mass is 10.2. The van der Waals surface area contributed by atoms with Crippen molar-refractivity contribution in [2.45, 2.75) is 29.6 Å². The van der Waals surface area contributed by atoms with Gasteiger partial charge in [0.05, 0.1) is 0 Å². The van der Waals surface area contributed by atoms with Crippen molar-refractivity contribution in [1.29, 1.82) is 0 Å². The number of anilines is 1. The van der Waals surface area contributed by atoms with E-state index in [0.717, 1.165) is 23.5 Å². The van der Waals surface area contributed by atoms with Gasteiger partial charge in [-0.3, -0.25) is 4.79 Å². The highest BCUT2D eigenvalue weighted by atomic mass is 32.2. The first-order chi connectivity index (χ1) is 12.1. The second kappa shape index (κ2) is 8.07. The fourth-order valence-electron chi connectivity index (χ4n) is 2.48. The Bertz CT molecular complexity index is 730. The number of ether oxygens (including phenoxy) is 1. The second-order valence-electron chi connectivity index (χ2n) is 5.98. The Kier molecular flexibility index (Phi) is 5.60. The highest BCUT2D eigenvalue weighted by molar-refractivity contribution is 7.98. The molecule has 1 saturated carbocycles. The minimum Gasteiger partial charge on any atom is -0.436 e. The van der Waals surface area contributed by atoms with Crippen molar-refractivity contribution in [3.63, 3.8) is 0 Å². The first-order valence-electron chi connectivity index (χ1n) is 8.15. The average Bonchev–Trinajstić information content (AvgIpc) is 3.45. The molecule has 25 heavy (non-hydrogen) atoms. The molecule has 0 aromatic heterocycles. The summed E-state index contributed by atoms with van der Waals surface area (Å²) in [6.07, 6.45) is 0.0327. The lowest BCUT2D eigenvalue weighted by molar-refractivity contribution is -0.125. The van der Waals surface area contributed by atoms with Gasteiger partial charge in [-0.15, -0.1) is 11.8 Å². The molecule has 0 radical (unpaired) electrons. The predicted octanol–water partition coefficient (Wildman–Crippen LogP) is 3.79. The lowest BCUT2D eigenvalue weighted by Crippen LogP contribution is -2.35. The number of hydrogen-bond donors (Lipinski definition) is 2. The Morgan fingerprint density at radius 1 is 1.12 bits per heavy atom. The first-order valence-corrected chi connectivity index (χ1v) is 9.14. The van der Waals surface area contributed by atoms with E-state index in [1.165, 1.54) is 5.56 Å². The van der Waals surface area contributed by atoms with Gasteiger partial charge in [0.15, 0.2) is 6.10 Å². The van der Waals surface area contributed by atoms with Crippen molar-refractivity contribution in [1.82, 2.24) is 0 Å². The number of carbonyl (C=O) groups excluding carboxylic acids is 2. The van der Waals surface area contributed by atoms with E-state index in [0.29, 0.717) is 5.69 Å². The van der Waals surface area contributed by atoms with Crippen molar-refractivity contribution in [3.8, 4) is 0 Å². The van der Waals surface area contributed by atoms with Crippen LogP contribution in [0.5, 0.6) is 0 Å². The van der Waals surface area contributed by atoms with Crippen LogP contribution in [-0.4, -0.2) is 18.1 Å². The number of benzene rings is 2. The first kappa shape index (κ1) is 17.4. The van der Waals surface area contributed by atoms with Gasteiger partial charge in [0.2, 0.25) is 0 Å². The molecule has 6 heteroatoms. The van der Waals surface area contributed by atoms with Crippen LogP contribution in [0.25, 0.3) is 0 Å². The molecule has 1 aliphatic rings. The monoisotopic (exact) mass is 356 g/mol. The molecular weight excluding hydrogens is 336 g/mol. The molecule has 3 N–H and O–H groups in total. The molecule has 0 spiro atoms. The fourth-order valence-corrected chi connectivity index (χ4v) is 3.33. The van der Waals surface area contributed by atoms with E-state index in [9.17, 15) is 9.59 Å². The molecule has 130 valence electrons. The van der Waals surface area contributed by atoms with E-state index >= 15 is 0 Å². The molecular formula is C19H20N2O3S. The maximum atomic E-state index is 12.3. The van der Waals surface area contributed by atoms with Gasteiger partial charge in [-0.1, -0.05) is 30.3 Å². The van der Waals surface area contributed by atoms with E-state index in [2.05, 4.69) is 17.4 Å². The number of primary amides is 1. The van der Waals surface area contributed by atoms with E-state index in [-0.39, 0.29) is 11.8 Å². The third-order valence-electron chi connectivity index (χ3n) is 3.92. The summed E-state index contributed by atoms with van der Waals surface area (Å²) >= 11 is 1.73. The Hall–Kier alpha value is -2.47. The average molecular weight is 356 g/mol. The van der Waals surface area contributed by atoms with Crippen LogP contribution in [0.15, 0.2) is 59.5 Å². The molecule has 5 nitrogen and oxygen atoms in total. The van der Waals surface area contributed by atoms with E-state index in [1.807, 2.05) is 42.5 Å². The molecule has 0 aliphatic heterocycles. The molecule has 1 atom stereocenters. The quantitative estimate of drug-likeness (QED) is 0.740. The molecule has 3 rings (SSSR count). The summed E-state index contributed by atoms with van der Waals surface area (Å²) in [4.78, 5) is 24.3. The largest absolute Gasteiger partial charge is 0.436 e. The highest BCUT2D eigenvalue weighted by Gasteiger charge is 2.39. The third kappa shape index (κ3) is 5.26. The van der Waals surface area contributed by atoms with Crippen LogP contribution in [0.4, 0.5) is 10.5 Å². The van der Waals surface area contributed by atoms with Crippen molar-refractivity contribution in [2.75, 3.05) is 5.32 Å². The van der Waals surface area contributed by atoms with Crippen LogP contribution in [0, 0.1) is 5.92 Å². The summed E-state index contributed by atoms with van der Waals surface area (Å²) in [5.74, 6) is 0.641. The molecule has 1 aliphatic carbocycles. The van der Waals surface area contributed by atoms with Gasteiger partial charge >= 0.3 is 6.09 Å². The van der Waals surface area contributed by atoms with Crippen molar-refractivity contribution >= 4 is 29.4 Å². The predicted molar refractivity (Wildman–Crippen MR) is 98.3 cm³/mol. The van der Waals surface area contributed by atoms with Crippen LogP contribution >= 0.6 is 11.8 Å². The molecule has 2 aromatic carbocycles. The van der Waals surface area contributed by atoms with Crippen LogP contribution in [-0.2, 0) is 15.3 Å². The maximum absolute atomic E-state index is 12.3. The van der Waals surface area contributed by atoms with Crippen LogP contribution in [0.1, 0.15) is 18.4 Å². The molecule has 2 aromatic rings. The van der Waals surface area contributed by atoms with Gasteiger partial charge < -0.3 is 15.8 Å². The maximum Gasteiger partial charge on any atom is 0.405 e. The van der Waals surface area contributed by atoms with Crippen LogP contribution in [0.2, 0.25) is 0 Å². The number of amides is 2. The van der Waals surface area contributed by atoms with Crippen molar-refractivity contribution in [2.24, 2.45) is 11.7 Å². The number of nitrogens with one attached hydrogen (secondary N) is 1. The minimum atomic E-state index is -0.917. The Morgan fingerprint density at radius 2 is 1.80 bits per heavy atom. The number of rotatable bonds is 7. The van der Waals surface area contributed by atoms with Crippen molar-refractivity contribution < 1.29 is 14.3 Å². The van der Waals surface area contributed by atoms with E-state index in [4.69, 9.17) is 10.5 Å². The molecule has 0 heterocycles. The number of nitrogens with two attached hydrogens (primary N) is 1. The van der Waals surface area contributed by atoms with Gasteiger partial charge in [0.25, 0.3) is 5.91 Å². The van der Waals surface area contributed by atoms with Crippen molar-refractivity contribution in [3.05, 3.63) is 60.2 Å². The van der Waals surface area contributed by atoms with Gasteiger partial charge in [-0.25, -0.2) is 4.79 Å². The summed E-state index contributed by atoms with van der Waals surface area (Å²) in [6.45, 7) is 0. The summed E-state index contributed by atoms with van der Waals surface area (Å²) in [6, 6.07) is 17.9. The summed E-state index contributed by atoms with van der Waals surface area (Å²) in [7, 11) is 0. The topological polar surface area (TPSA) is 81.4 Å². The number of hydrogen-bond acceptors (Lipinski definition) is 4. The zero-order chi connectivity index (χ0) is 17.6. The Balaban J connectivity index is 1.54. The summed E-state index contributed by atoms with van der Waals surface area (Å²) in [5, 5.41) is 2.79. The minimum absolute atomic E-state index is 0.0770. The Morgan fingerprint density at radius 3 is 2.40 bits per heavy atom. The molecule has 0 bridgehead atoms. The zero-order valence-corrected chi connectivity index (χ0v) is 14.5. The number of thioether (sulfide) groups is 1. The highest BCUT2D eigenvalue weighted by Crippen LogP contribution is 2.35. The summed E-state index contributed by atoms with van der Waals surface area (Å²) in [5.41, 5.74) is 6.99. The van der Waals surface area contributed by atoms with Gasteiger partial charge in [-0.2, -0.15) is 0 Å². The number of carbonyl (C=O) groups is 2. The fraction of sp³-hybridized carbons (Fsp3) is 0.263. The molecule has 1 unspecified atom stereocenters. The smallest absolute Gasteiger partial charge is 0.405 e. The second-order valence-corrected chi connectivity index (χ2v) is 7.03. The Labute approximate surface area is 150 Å². The third-order valence-corrected chi connectivity index (χ3v) is 5.01. The van der Waals surface area contributed by atoms with Crippen LogP contribution in [0.3, 0.4) is 0 Å². The summed E-state index contributed by atoms with van der Waals surface area (Å²) < 4.78 is 4.94. The molecule has 2 amide bonds. The molecule has 1 fully saturated rings. The van der Waals surface area contributed by atoms with Gasteiger partial charge in [0, 0.05) is 22.3 Å². The van der Waals surface area contributed by atoms with E-state index < -0.39 is 12.2 Å². The normalized spacial score (nSPS) is 14.6. The molecule has 0 saturated heterocycles. The van der Waals surface area contributed by atoms with E-state index in [1.54, 1.807) is 11.8 Å². The lowest BCUT2D eigenvalue weighted by Gasteiger charge is -2.15. The van der Waals surface area contributed by atoms with Gasteiger partial charge in [0.1, 0.15) is 0 Å².